The molecule has 0 radical (unpaired) electrons. The molecule has 0 bridgehead atoms. The third-order valence-corrected chi connectivity index (χ3v) is 3.47. The molecule has 1 heterocycles. The number of hydrogen-bond donors (Lipinski definition) is 0. The Morgan fingerprint density at radius 3 is 2.95 bits per heavy atom. The second-order valence-corrected chi connectivity index (χ2v) is 4.77. The fourth-order valence-corrected chi connectivity index (χ4v) is 2.49. The summed E-state index contributed by atoms with van der Waals surface area (Å²) < 4.78 is 13.7. The molecule has 2 aromatic rings. The van der Waals surface area contributed by atoms with Crippen LogP contribution in [0, 0.1) is 27.3 Å². The van der Waals surface area contributed by atoms with E-state index in [0.717, 1.165) is 11.8 Å². The van der Waals surface area contributed by atoms with Crippen LogP contribution < -0.4 is 0 Å². The number of nitrogens with zero attached hydrogens (tertiary/aromatic N) is 3. The van der Waals surface area contributed by atoms with E-state index >= 15 is 0 Å². The van der Waals surface area contributed by atoms with Gasteiger partial charge < -0.3 is 0 Å². The molecule has 0 unspecified atom stereocenters. The highest BCUT2D eigenvalue weighted by molar-refractivity contribution is 7.98. The summed E-state index contributed by atoms with van der Waals surface area (Å²) in [7, 11) is 0. The summed E-state index contributed by atoms with van der Waals surface area (Å²) in [6, 6.07) is 8.82. The number of benzene rings is 1. The predicted octanol–water partition coefficient (Wildman–Crippen LogP) is 3.29. The summed E-state index contributed by atoms with van der Waals surface area (Å²) in [5, 5.41) is 20.1. The molecule has 1 aromatic carbocycles. The van der Waals surface area contributed by atoms with E-state index in [2.05, 4.69) is 4.98 Å². The van der Waals surface area contributed by atoms with E-state index in [1.54, 1.807) is 12.1 Å². The van der Waals surface area contributed by atoms with Crippen LogP contribution in [0.1, 0.15) is 11.1 Å². The lowest BCUT2D eigenvalue weighted by molar-refractivity contribution is -0.385. The topological polar surface area (TPSA) is 79.8 Å². The Kier molecular flexibility index (Phi) is 4.27. The first-order valence-electron chi connectivity index (χ1n) is 5.52. The van der Waals surface area contributed by atoms with Crippen LogP contribution in [0.4, 0.5) is 10.1 Å². The number of halogens is 1. The van der Waals surface area contributed by atoms with Crippen molar-refractivity contribution in [3.05, 3.63) is 63.6 Å². The number of nitriles is 1. The van der Waals surface area contributed by atoms with Gasteiger partial charge in [-0.2, -0.15) is 5.26 Å². The summed E-state index contributed by atoms with van der Waals surface area (Å²) in [5.74, 6) is -0.548. The van der Waals surface area contributed by atoms with Crippen molar-refractivity contribution < 1.29 is 9.31 Å². The van der Waals surface area contributed by atoms with Crippen LogP contribution in [0.2, 0.25) is 0 Å². The molecule has 0 saturated carbocycles. The molecule has 0 aliphatic carbocycles. The number of aromatic nitrogens is 1. The number of thioether (sulfide) groups is 1. The van der Waals surface area contributed by atoms with Crippen LogP contribution in [-0.4, -0.2) is 9.91 Å². The van der Waals surface area contributed by atoms with Gasteiger partial charge in [-0.05, 0) is 18.2 Å². The van der Waals surface area contributed by atoms with Crippen molar-refractivity contribution in [1.82, 2.24) is 4.98 Å². The van der Waals surface area contributed by atoms with Gasteiger partial charge in [-0.15, -0.1) is 11.8 Å². The highest BCUT2D eigenvalue weighted by Gasteiger charge is 2.17. The van der Waals surface area contributed by atoms with Crippen molar-refractivity contribution in [3.63, 3.8) is 0 Å². The first kappa shape index (κ1) is 14.0. The fourth-order valence-electron chi connectivity index (χ4n) is 1.57. The maximum Gasteiger partial charge on any atom is 0.276 e. The van der Waals surface area contributed by atoms with Gasteiger partial charge in [-0.1, -0.05) is 6.07 Å². The van der Waals surface area contributed by atoms with Gasteiger partial charge >= 0.3 is 0 Å². The zero-order chi connectivity index (χ0) is 14.5. The molecule has 2 rings (SSSR count). The van der Waals surface area contributed by atoms with Gasteiger partial charge in [0.1, 0.15) is 5.82 Å². The molecule has 0 fully saturated rings. The smallest absolute Gasteiger partial charge is 0.258 e. The minimum absolute atomic E-state index is 0.0201. The maximum absolute atomic E-state index is 13.7. The largest absolute Gasteiger partial charge is 0.276 e. The van der Waals surface area contributed by atoms with Crippen molar-refractivity contribution in [3.8, 4) is 6.07 Å². The Morgan fingerprint density at radius 2 is 2.25 bits per heavy atom. The second kappa shape index (κ2) is 6.12. The number of nitro benzene ring substituents is 1. The molecule has 0 amide bonds. The Hall–Kier alpha value is -2.46. The molecule has 0 atom stereocenters. The zero-order valence-corrected chi connectivity index (χ0v) is 10.9. The summed E-state index contributed by atoms with van der Waals surface area (Å²) in [5.41, 5.74) is 0.200. The minimum Gasteiger partial charge on any atom is -0.258 e. The maximum atomic E-state index is 13.7. The van der Waals surface area contributed by atoms with Gasteiger partial charge in [0.25, 0.3) is 5.69 Å². The molecular formula is C13H8FN3O2S. The normalized spacial score (nSPS) is 10.0. The van der Waals surface area contributed by atoms with Crippen LogP contribution in [-0.2, 0) is 5.75 Å². The molecule has 7 heteroatoms. The predicted molar refractivity (Wildman–Crippen MR) is 71.6 cm³/mol. The van der Waals surface area contributed by atoms with E-state index in [1.165, 1.54) is 24.4 Å². The van der Waals surface area contributed by atoms with Gasteiger partial charge in [-0.25, -0.2) is 9.37 Å². The lowest BCUT2D eigenvalue weighted by Crippen LogP contribution is -1.97. The van der Waals surface area contributed by atoms with Crippen molar-refractivity contribution in [2.24, 2.45) is 0 Å². The van der Waals surface area contributed by atoms with E-state index in [9.17, 15) is 14.5 Å². The van der Waals surface area contributed by atoms with E-state index in [4.69, 9.17) is 5.26 Å². The Bertz CT molecular complexity index is 700. The first-order chi connectivity index (χ1) is 9.61. The van der Waals surface area contributed by atoms with Crippen LogP contribution in [0.3, 0.4) is 0 Å². The molecule has 100 valence electrons. The first-order valence-corrected chi connectivity index (χ1v) is 6.51. The third-order valence-electron chi connectivity index (χ3n) is 2.52. The fraction of sp³-hybridized carbons (Fsp3) is 0.0769. The van der Waals surface area contributed by atoms with E-state index < -0.39 is 10.7 Å². The van der Waals surface area contributed by atoms with E-state index in [-0.39, 0.29) is 17.0 Å². The molecule has 1 aromatic heterocycles. The molecule has 20 heavy (non-hydrogen) atoms. The van der Waals surface area contributed by atoms with Crippen LogP contribution in [0.25, 0.3) is 0 Å². The van der Waals surface area contributed by atoms with Crippen molar-refractivity contribution >= 4 is 17.4 Å². The van der Waals surface area contributed by atoms with Crippen molar-refractivity contribution in [2.45, 2.75) is 10.8 Å². The quantitative estimate of drug-likeness (QED) is 0.490. The summed E-state index contributed by atoms with van der Waals surface area (Å²) in [6.45, 7) is 0. The molecule has 0 aliphatic heterocycles. The third kappa shape index (κ3) is 3.10. The summed E-state index contributed by atoms with van der Waals surface area (Å²) >= 11 is 1.14. The van der Waals surface area contributed by atoms with Crippen LogP contribution in [0.15, 0.2) is 41.6 Å². The average Bonchev–Trinajstić information content (AvgIpc) is 2.45. The lowest BCUT2D eigenvalue weighted by Gasteiger charge is -2.04. The lowest BCUT2D eigenvalue weighted by atomic mass is 10.2. The van der Waals surface area contributed by atoms with Crippen LogP contribution >= 0.6 is 11.8 Å². The van der Waals surface area contributed by atoms with Gasteiger partial charge in [0.05, 0.1) is 27.1 Å². The minimum atomic E-state index is -0.622. The van der Waals surface area contributed by atoms with E-state index in [0.29, 0.717) is 10.6 Å². The Morgan fingerprint density at radius 1 is 1.45 bits per heavy atom. The van der Waals surface area contributed by atoms with Gasteiger partial charge in [-0.3, -0.25) is 10.1 Å². The molecule has 0 aliphatic rings. The standard InChI is InChI=1S/C13H8FN3O2S/c14-11-2-1-3-12(17(18)19)10(11)8-20-13-6-9(7-15)4-5-16-13/h1-6H,8H2. The Balaban J connectivity index is 2.23. The number of rotatable bonds is 4. The summed E-state index contributed by atoms with van der Waals surface area (Å²) in [4.78, 5) is 14.3. The number of pyridine rings is 1. The van der Waals surface area contributed by atoms with Gasteiger partial charge in [0.2, 0.25) is 0 Å². The highest BCUT2D eigenvalue weighted by atomic mass is 32.2. The van der Waals surface area contributed by atoms with Crippen LogP contribution in [0.5, 0.6) is 0 Å². The molecule has 0 N–H and O–H groups in total. The van der Waals surface area contributed by atoms with Gasteiger partial charge in [0, 0.05) is 18.0 Å². The van der Waals surface area contributed by atoms with Crippen molar-refractivity contribution in [1.29, 1.82) is 5.26 Å². The van der Waals surface area contributed by atoms with Crippen molar-refractivity contribution in [2.75, 3.05) is 0 Å². The van der Waals surface area contributed by atoms with Gasteiger partial charge in [0.15, 0.2) is 0 Å². The SMILES string of the molecule is N#Cc1ccnc(SCc2c(F)cccc2[N+](=O)[O-])c1. The number of nitro groups is 1. The Labute approximate surface area is 118 Å². The molecular weight excluding hydrogens is 281 g/mol. The second-order valence-electron chi connectivity index (χ2n) is 3.78. The highest BCUT2D eigenvalue weighted by Crippen LogP contribution is 2.29. The molecule has 0 spiro atoms. The average molecular weight is 289 g/mol. The van der Waals surface area contributed by atoms with E-state index in [1.807, 2.05) is 6.07 Å². The monoisotopic (exact) mass is 289 g/mol. The molecule has 5 nitrogen and oxygen atoms in total. The number of hydrogen-bond acceptors (Lipinski definition) is 5. The zero-order valence-electron chi connectivity index (χ0n) is 10.1. The summed E-state index contributed by atoms with van der Waals surface area (Å²) in [6.07, 6.45) is 1.47. The molecule has 0 saturated heterocycles.